The number of hydrogen-bond donors (Lipinski definition) is 1. The second-order valence-electron chi connectivity index (χ2n) is 7.79. The number of ketones is 1. The number of aliphatic hydroxyl groups is 1. The summed E-state index contributed by atoms with van der Waals surface area (Å²) in [6, 6.07) is 6.57. The Morgan fingerprint density at radius 2 is 1.90 bits per heavy atom. The smallest absolute Gasteiger partial charge is 0.206 e. The number of ether oxygens (including phenoxy) is 5. The second-order valence-corrected chi connectivity index (χ2v) is 7.79. The van der Waals surface area contributed by atoms with E-state index in [1.54, 1.807) is 24.3 Å². The highest BCUT2D eigenvalue weighted by Gasteiger charge is 2.56. The molecule has 5 rings (SSSR count). The Morgan fingerprint density at radius 1 is 1.17 bits per heavy atom. The summed E-state index contributed by atoms with van der Waals surface area (Å²) in [5.74, 6) is 1.88. The minimum Gasteiger partial charge on any atom is -0.493 e. The first-order valence-electron chi connectivity index (χ1n) is 9.69. The summed E-state index contributed by atoms with van der Waals surface area (Å²) >= 11 is 0. The van der Waals surface area contributed by atoms with Gasteiger partial charge in [0, 0.05) is 23.6 Å². The maximum absolute atomic E-state index is 13.6. The van der Waals surface area contributed by atoms with Crippen molar-refractivity contribution in [3.63, 3.8) is 0 Å². The molecule has 0 aromatic heterocycles. The van der Waals surface area contributed by atoms with Crippen molar-refractivity contribution in [2.75, 3.05) is 20.8 Å². The van der Waals surface area contributed by atoms with Gasteiger partial charge in [-0.1, -0.05) is 6.58 Å². The van der Waals surface area contributed by atoms with Crippen LogP contribution in [0.4, 0.5) is 0 Å². The van der Waals surface area contributed by atoms with Crippen LogP contribution in [0.2, 0.25) is 0 Å². The predicted octanol–water partition coefficient (Wildman–Crippen LogP) is 2.81. The van der Waals surface area contributed by atoms with Gasteiger partial charge in [-0.15, -0.1) is 0 Å². The Morgan fingerprint density at radius 3 is 2.60 bits per heavy atom. The largest absolute Gasteiger partial charge is 0.493 e. The van der Waals surface area contributed by atoms with Gasteiger partial charge in [0.1, 0.15) is 30.0 Å². The van der Waals surface area contributed by atoms with Crippen molar-refractivity contribution in [3.8, 4) is 28.7 Å². The first-order chi connectivity index (χ1) is 14.4. The monoisotopic (exact) mass is 410 g/mol. The van der Waals surface area contributed by atoms with Crippen LogP contribution in [0.25, 0.3) is 0 Å². The number of carbonyl (C=O) groups excluding carboxylic acids is 1. The molecule has 0 saturated carbocycles. The van der Waals surface area contributed by atoms with Crippen molar-refractivity contribution < 1.29 is 33.6 Å². The third-order valence-corrected chi connectivity index (χ3v) is 6.03. The van der Waals surface area contributed by atoms with Gasteiger partial charge in [-0.3, -0.25) is 4.79 Å². The molecule has 3 aliphatic heterocycles. The van der Waals surface area contributed by atoms with Gasteiger partial charge in [0.2, 0.25) is 5.78 Å². The summed E-state index contributed by atoms with van der Waals surface area (Å²) in [7, 11) is 3.00. The molecule has 0 amide bonds. The molecule has 2 aromatic rings. The molecule has 3 aliphatic rings. The Hall–Kier alpha value is -3.19. The van der Waals surface area contributed by atoms with Crippen molar-refractivity contribution in [3.05, 3.63) is 53.1 Å². The van der Waals surface area contributed by atoms with E-state index in [4.69, 9.17) is 23.7 Å². The Labute approximate surface area is 173 Å². The van der Waals surface area contributed by atoms with E-state index in [9.17, 15) is 9.90 Å². The van der Waals surface area contributed by atoms with E-state index in [0.29, 0.717) is 46.3 Å². The quantitative estimate of drug-likeness (QED) is 0.779. The van der Waals surface area contributed by atoms with Crippen LogP contribution >= 0.6 is 0 Å². The van der Waals surface area contributed by atoms with Crippen LogP contribution in [-0.2, 0) is 12.0 Å². The Kier molecular flexibility index (Phi) is 4.02. The third kappa shape index (κ3) is 2.38. The molecule has 0 fully saturated rings. The van der Waals surface area contributed by atoms with Crippen LogP contribution in [0.5, 0.6) is 28.7 Å². The number of Topliss-reactive ketones (excluding diaryl/α,β-unsaturated/α-hetero) is 1. The standard InChI is InChI=1S/C23H22O7/c1-11(2)16-7-13-15(29-16)6-5-12-21(13)30-20-10-28-17-9-19(27-4)18(26-3)8-14(17)23(20,25)22(12)24/h5-6,8-9,16,20,25H,1,7,10H2,2-4H3/t16-,20+,23+/m1/s1. The molecule has 0 saturated heterocycles. The average molecular weight is 410 g/mol. The number of benzene rings is 2. The minimum absolute atomic E-state index is 0.0125. The van der Waals surface area contributed by atoms with Crippen LogP contribution in [-0.4, -0.2) is 43.9 Å². The van der Waals surface area contributed by atoms with Gasteiger partial charge in [-0.25, -0.2) is 0 Å². The molecule has 30 heavy (non-hydrogen) atoms. The number of fused-ring (bicyclic) bond motifs is 6. The summed E-state index contributed by atoms with van der Waals surface area (Å²) in [6.45, 7) is 5.88. The first-order valence-corrected chi connectivity index (χ1v) is 9.69. The Bertz CT molecular complexity index is 1090. The van der Waals surface area contributed by atoms with Crippen molar-refractivity contribution >= 4 is 5.78 Å². The van der Waals surface area contributed by atoms with Gasteiger partial charge in [0.25, 0.3) is 0 Å². The van der Waals surface area contributed by atoms with Crippen molar-refractivity contribution in [1.29, 1.82) is 0 Å². The number of rotatable bonds is 3. The lowest BCUT2D eigenvalue weighted by Crippen LogP contribution is -2.57. The molecule has 0 spiro atoms. The molecule has 156 valence electrons. The Balaban J connectivity index is 1.63. The molecule has 2 aromatic carbocycles. The van der Waals surface area contributed by atoms with Crippen molar-refractivity contribution in [2.45, 2.75) is 31.2 Å². The minimum atomic E-state index is -1.90. The predicted molar refractivity (Wildman–Crippen MR) is 107 cm³/mol. The van der Waals surface area contributed by atoms with Crippen LogP contribution in [0.1, 0.15) is 28.4 Å². The van der Waals surface area contributed by atoms with Crippen molar-refractivity contribution in [2.24, 2.45) is 0 Å². The molecule has 0 bridgehead atoms. The molecular formula is C23H22O7. The second kappa shape index (κ2) is 6.40. The first kappa shape index (κ1) is 18.8. The highest BCUT2D eigenvalue weighted by atomic mass is 16.6. The van der Waals surface area contributed by atoms with E-state index >= 15 is 0 Å². The lowest BCUT2D eigenvalue weighted by Gasteiger charge is -2.43. The molecule has 1 N–H and O–H groups in total. The zero-order chi connectivity index (χ0) is 21.2. The fourth-order valence-electron chi connectivity index (χ4n) is 4.35. The normalized spacial score (nSPS) is 25.5. The fraction of sp³-hybridized carbons (Fsp3) is 0.348. The van der Waals surface area contributed by atoms with Gasteiger partial charge < -0.3 is 28.8 Å². The van der Waals surface area contributed by atoms with E-state index in [2.05, 4.69) is 6.58 Å². The van der Waals surface area contributed by atoms with Gasteiger partial charge in [-0.2, -0.15) is 0 Å². The maximum atomic E-state index is 13.6. The van der Waals surface area contributed by atoms with E-state index in [-0.39, 0.29) is 12.7 Å². The SMILES string of the molecule is C=C(C)[C@H]1Cc2c(ccc3c2O[C@H]2COc4cc(OC)c(OC)cc4[C@@]2(O)C3=O)O1. The molecule has 0 aliphatic carbocycles. The maximum Gasteiger partial charge on any atom is 0.206 e. The van der Waals surface area contributed by atoms with E-state index in [0.717, 1.165) is 11.1 Å². The summed E-state index contributed by atoms with van der Waals surface area (Å²) in [4.78, 5) is 13.6. The molecule has 0 unspecified atom stereocenters. The molecule has 7 heteroatoms. The van der Waals surface area contributed by atoms with Crippen molar-refractivity contribution in [1.82, 2.24) is 0 Å². The average Bonchev–Trinajstić information content (AvgIpc) is 3.19. The number of carbonyl (C=O) groups is 1. The van der Waals surface area contributed by atoms with Gasteiger partial charge >= 0.3 is 0 Å². The zero-order valence-electron chi connectivity index (χ0n) is 17.0. The highest BCUT2D eigenvalue weighted by molar-refractivity contribution is 6.07. The summed E-state index contributed by atoms with van der Waals surface area (Å²) in [5.41, 5.74) is 0.426. The summed E-state index contributed by atoms with van der Waals surface area (Å²) < 4.78 is 28.6. The fourth-order valence-corrected chi connectivity index (χ4v) is 4.35. The number of methoxy groups -OCH3 is 2. The zero-order valence-corrected chi connectivity index (χ0v) is 17.0. The van der Waals surface area contributed by atoms with E-state index in [1.165, 1.54) is 14.2 Å². The lowest BCUT2D eigenvalue weighted by atomic mass is 9.77. The van der Waals surface area contributed by atoms with Gasteiger partial charge in [0.05, 0.1) is 19.8 Å². The van der Waals surface area contributed by atoms with E-state index in [1.807, 2.05) is 6.92 Å². The van der Waals surface area contributed by atoms with Crippen LogP contribution < -0.4 is 23.7 Å². The molecule has 3 atom stereocenters. The molecule has 3 heterocycles. The summed E-state index contributed by atoms with van der Waals surface area (Å²) in [6.07, 6.45) is -0.501. The lowest BCUT2D eigenvalue weighted by molar-refractivity contribution is -0.0802. The molecular weight excluding hydrogens is 388 g/mol. The van der Waals surface area contributed by atoms with Crippen LogP contribution in [0, 0.1) is 0 Å². The van der Waals surface area contributed by atoms with Gasteiger partial charge in [0.15, 0.2) is 23.2 Å². The molecule has 7 nitrogen and oxygen atoms in total. The number of hydrogen-bond acceptors (Lipinski definition) is 7. The van der Waals surface area contributed by atoms with Crippen LogP contribution in [0.15, 0.2) is 36.4 Å². The van der Waals surface area contributed by atoms with Crippen LogP contribution in [0.3, 0.4) is 0 Å². The third-order valence-electron chi connectivity index (χ3n) is 6.03. The van der Waals surface area contributed by atoms with Gasteiger partial charge in [-0.05, 0) is 30.7 Å². The molecule has 0 radical (unpaired) electrons. The topological polar surface area (TPSA) is 83.5 Å². The highest BCUT2D eigenvalue weighted by Crippen LogP contribution is 2.51. The van der Waals surface area contributed by atoms with E-state index < -0.39 is 17.5 Å². The summed E-state index contributed by atoms with van der Waals surface area (Å²) in [5, 5.41) is 11.6.